The number of carbonyl (C=O) groups excluding carboxylic acids is 2. The Hall–Kier alpha value is -2.93. The molecule has 26 heavy (non-hydrogen) atoms. The van der Waals surface area contributed by atoms with Gasteiger partial charge in [-0.25, -0.2) is 0 Å². The molecule has 1 aromatic carbocycles. The molecule has 4 N–H and O–H groups in total. The van der Waals surface area contributed by atoms with Crippen LogP contribution in [0.4, 0.5) is 0 Å². The molecule has 0 spiro atoms. The lowest BCUT2D eigenvalue weighted by atomic mass is 9.92. The van der Waals surface area contributed by atoms with Gasteiger partial charge >= 0.3 is 0 Å². The molecule has 1 atom stereocenters. The summed E-state index contributed by atoms with van der Waals surface area (Å²) in [6.07, 6.45) is 4.74. The fourth-order valence-corrected chi connectivity index (χ4v) is 4.59. The van der Waals surface area contributed by atoms with E-state index in [4.69, 9.17) is 16.2 Å². The summed E-state index contributed by atoms with van der Waals surface area (Å²) in [5, 5.41) is 0. The SMILES string of the molecule is COc1ccc(-c2sc(C3(C(N)=O)C=CC=N3)c(C(N)=O)c2C)cc1C. The second kappa shape index (κ2) is 6.42. The van der Waals surface area contributed by atoms with Crippen LogP contribution in [0.5, 0.6) is 5.75 Å². The second-order valence-corrected chi connectivity index (χ2v) is 7.10. The van der Waals surface area contributed by atoms with Gasteiger partial charge in [-0.1, -0.05) is 0 Å². The molecule has 6 nitrogen and oxygen atoms in total. The number of benzene rings is 1. The maximum atomic E-state index is 12.2. The van der Waals surface area contributed by atoms with Crippen LogP contribution in [0.15, 0.2) is 35.3 Å². The van der Waals surface area contributed by atoms with E-state index in [1.165, 1.54) is 17.6 Å². The number of thiophene rings is 1. The number of methoxy groups -OCH3 is 1. The fraction of sp³-hybridized carbons (Fsp3) is 0.211. The van der Waals surface area contributed by atoms with Crippen LogP contribution in [0.25, 0.3) is 10.4 Å². The molecule has 0 aliphatic carbocycles. The maximum absolute atomic E-state index is 12.2. The molecule has 1 aliphatic rings. The van der Waals surface area contributed by atoms with Gasteiger partial charge in [-0.15, -0.1) is 11.3 Å². The molecule has 1 aromatic heterocycles. The van der Waals surface area contributed by atoms with Gasteiger partial charge in [0.2, 0.25) is 5.91 Å². The number of carbonyl (C=O) groups is 2. The van der Waals surface area contributed by atoms with Crippen LogP contribution >= 0.6 is 11.3 Å². The van der Waals surface area contributed by atoms with E-state index in [0.29, 0.717) is 16.0 Å². The zero-order valence-corrected chi connectivity index (χ0v) is 15.5. The summed E-state index contributed by atoms with van der Waals surface area (Å²) < 4.78 is 5.30. The van der Waals surface area contributed by atoms with Crippen molar-refractivity contribution in [1.82, 2.24) is 0 Å². The van der Waals surface area contributed by atoms with E-state index in [9.17, 15) is 9.59 Å². The number of nitrogens with two attached hydrogens (primary N) is 2. The topological polar surface area (TPSA) is 108 Å². The summed E-state index contributed by atoms with van der Waals surface area (Å²) >= 11 is 1.31. The summed E-state index contributed by atoms with van der Waals surface area (Å²) in [5.74, 6) is -0.486. The molecule has 1 aliphatic heterocycles. The molecule has 134 valence electrons. The number of primary amides is 2. The number of hydrogen-bond donors (Lipinski definition) is 2. The quantitative estimate of drug-likeness (QED) is 0.845. The predicted octanol–water partition coefficient (Wildman–Crippen LogP) is 2.46. The minimum atomic E-state index is -1.39. The molecule has 7 heteroatoms. The standard InChI is InChI=1S/C19H19N3O3S/c1-10-9-12(5-6-13(10)25-3)15-11(2)14(17(20)23)16(26-15)19(18(21)24)7-4-8-22-19/h4-9H,1-3H3,(H2,20,23)(H2,21,24). The average molecular weight is 369 g/mol. The normalized spacial score (nSPS) is 18.3. The fourth-order valence-electron chi connectivity index (χ4n) is 3.15. The van der Waals surface area contributed by atoms with Gasteiger partial charge in [0.25, 0.3) is 5.91 Å². The molecule has 0 saturated carbocycles. The minimum Gasteiger partial charge on any atom is -0.496 e. The zero-order chi connectivity index (χ0) is 19.1. The first-order valence-electron chi connectivity index (χ1n) is 7.93. The van der Waals surface area contributed by atoms with E-state index < -0.39 is 17.4 Å². The summed E-state index contributed by atoms with van der Waals surface area (Å²) in [5.41, 5.74) is 12.7. The number of amides is 2. The molecular formula is C19H19N3O3S. The molecular weight excluding hydrogens is 350 g/mol. The largest absolute Gasteiger partial charge is 0.496 e. The van der Waals surface area contributed by atoms with E-state index in [-0.39, 0.29) is 0 Å². The number of hydrogen-bond acceptors (Lipinski definition) is 5. The zero-order valence-electron chi connectivity index (χ0n) is 14.7. The van der Waals surface area contributed by atoms with Gasteiger partial charge in [0.05, 0.1) is 17.6 Å². The Kier molecular flexibility index (Phi) is 4.41. The molecule has 0 fully saturated rings. The molecule has 2 amide bonds. The van der Waals surface area contributed by atoms with E-state index in [2.05, 4.69) is 4.99 Å². The third kappa shape index (κ3) is 2.61. The highest BCUT2D eigenvalue weighted by Crippen LogP contribution is 2.44. The van der Waals surface area contributed by atoms with Gasteiger partial charge in [-0.3, -0.25) is 14.6 Å². The van der Waals surface area contributed by atoms with Crippen LogP contribution in [-0.2, 0) is 10.3 Å². The summed E-state index contributed by atoms with van der Waals surface area (Å²) in [7, 11) is 1.61. The van der Waals surface area contributed by atoms with Crippen molar-refractivity contribution in [3.05, 3.63) is 51.9 Å². The van der Waals surface area contributed by atoms with E-state index in [1.807, 2.05) is 32.0 Å². The van der Waals surface area contributed by atoms with Crippen LogP contribution in [0.2, 0.25) is 0 Å². The highest BCUT2D eigenvalue weighted by Gasteiger charge is 2.42. The van der Waals surface area contributed by atoms with Crippen molar-refractivity contribution in [3.8, 4) is 16.2 Å². The predicted molar refractivity (Wildman–Crippen MR) is 103 cm³/mol. The first-order chi connectivity index (χ1) is 12.3. The number of ether oxygens (including phenoxy) is 1. The number of allylic oxidation sites excluding steroid dienone is 1. The van der Waals surface area contributed by atoms with E-state index in [0.717, 1.165) is 21.8 Å². The smallest absolute Gasteiger partial charge is 0.254 e. The van der Waals surface area contributed by atoms with E-state index >= 15 is 0 Å². The van der Waals surface area contributed by atoms with E-state index in [1.54, 1.807) is 19.3 Å². The average Bonchev–Trinajstić information content (AvgIpc) is 3.20. The minimum absolute atomic E-state index is 0.293. The van der Waals surface area contributed by atoms with Crippen molar-refractivity contribution in [1.29, 1.82) is 0 Å². The Morgan fingerprint density at radius 3 is 2.46 bits per heavy atom. The van der Waals surface area contributed by atoms with Crippen LogP contribution in [0.3, 0.4) is 0 Å². The van der Waals surface area contributed by atoms with Crippen molar-refractivity contribution in [2.45, 2.75) is 19.4 Å². The lowest BCUT2D eigenvalue weighted by Gasteiger charge is -2.20. The van der Waals surface area contributed by atoms with Gasteiger partial charge in [0.15, 0.2) is 5.54 Å². The Labute approximate surface area is 155 Å². The third-order valence-electron chi connectivity index (χ3n) is 4.47. The molecule has 0 bridgehead atoms. The van der Waals surface area contributed by atoms with Crippen LogP contribution in [0.1, 0.15) is 26.4 Å². The first kappa shape index (κ1) is 17.9. The lowest BCUT2D eigenvalue weighted by Crippen LogP contribution is -2.37. The first-order valence-corrected chi connectivity index (χ1v) is 8.75. The lowest BCUT2D eigenvalue weighted by molar-refractivity contribution is -0.121. The van der Waals surface area contributed by atoms with Crippen LogP contribution < -0.4 is 16.2 Å². The molecule has 2 aromatic rings. The Morgan fingerprint density at radius 1 is 1.23 bits per heavy atom. The maximum Gasteiger partial charge on any atom is 0.254 e. The number of rotatable bonds is 5. The summed E-state index contributed by atoms with van der Waals surface area (Å²) in [4.78, 5) is 29.9. The highest BCUT2D eigenvalue weighted by molar-refractivity contribution is 7.16. The Bertz CT molecular complexity index is 961. The molecule has 1 unspecified atom stereocenters. The van der Waals surface area contributed by atoms with Gasteiger partial charge in [-0.05, 0) is 60.9 Å². The summed E-state index contributed by atoms with van der Waals surface area (Å²) in [6.45, 7) is 3.75. The van der Waals surface area contributed by atoms with Gasteiger partial charge in [-0.2, -0.15) is 0 Å². The van der Waals surface area contributed by atoms with Gasteiger partial charge < -0.3 is 16.2 Å². The molecule has 0 saturated heterocycles. The highest BCUT2D eigenvalue weighted by atomic mass is 32.1. The molecule has 3 rings (SSSR count). The van der Waals surface area contributed by atoms with Crippen molar-refractivity contribution < 1.29 is 14.3 Å². The molecule has 0 radical (unpaired) electrons. The summed E-state index contributed by atoms with van der Waals surface area (Å²) in [6, 6.07) is 5.74. The number of aryl methyl sites for hydroxylation is 1. The van der Waals surface area contributed by atoms with Gasteiger partial charge in [0, 0.05) is 11.1 Å². The van der Waals surface area contributed by atoms with Crippen LogP contribution in [0, 0.1) is 13.8 Å². The molecule has 2 heterocycles. The monoisotopic (exact) mass is 369 g/mol. The Morgan fingerprint density at radius 2 is 1.96 bits per heavy atom. The van der Waals surface area contributed by atoms with Crippen molar-refractivity contribution in [3.63, 3.8) is 0 Å². The van der Waals surface area contributed by atoms with Crippen LogP contribution in [-0.4, -0.2) is 25.1 Å². The number of nitrogens with zero attached hydrogens (tertiary/aromatic N) is 1. The van der Waals surface area contributed by atoms with Crippen molar-refractivity contribution in [2.75, 3.05) is 7.11 Å². The number of aliphatic imine (C=N–C) groups is 1. The van der Waals surface area contributed by atoms with Gasteiger partial charge in [0.1, 0.15) is 5.75 Å². The van der Waals surface area contributed by atoms with Crippen molar-refractivity contribution in [2.24, 2.45) is 16.5 Å². The third-order valence-corrected chi connectivity index (χ3v) is 5.94. The second-order valence-electron chi connectivity index (χ2n) is 6.08. The van der Waals surface area contributed by atoms with Crippen molar-refractivity contribution >= 4 is 29.4 Å². The Balaban J connectivity index is 2.26.